The van der Waals surface area contributed by atoms with Gasteiger partial charge >= 0.3 is 0 Å². The van der Waals surface area contributed by atoms with Gasteiger partial charge in [-0.2, -0.15) is 0 Å². The fraction of sp³-hybridized carbons (Fsp3) is 0.300. The van der Waals surface area contributed by atoms with Crippen molar-refractivity contribution in [3.63, 3.8) is 0 Å². The number of benzene rings is 2. The monoisotopic (exact) mass is 383 g/mol. The molecule has 0 bridgehead atoms. The Morgan fingerprint density at radius 2 is 1.89 bits per heavy atom. The SMILES string of the molecule is O=C1Nc2ccccc2S[C@@H]1CC(=O)N1CCN(c2cccc(O)c2)CC1. The van der Waals surface area contributed by atoms with Crippen molar-refractivity contribution in [1.82, 2.24) is 4.90 Å². The van der Waals surface area contributed by atoms with E-state index in [4.69, 9.17) is 0 Å². The molecule has 2 heterocycles. The minimum Gasteiger partial charge on any atom is -0.508 e. The molecule has 27 heavy (non-hydrogen) atoms. The van der Waals surface area contributed by atoms with E-state index in [1.807, 2.05) is 41.3 Å². The largest absolute Gasteiger partial charge is 0.508 e. The molecule has 1 saturated heterocycles. The highest BCUT2D eigenvalue weighted by molar-refractivity contribution is 8.01. The lowest BCUT2D eigenvalue weighted by Gasteiger charge is -2.36. The fourth-order valence-corrected chi connectivity index (χ4v) is 4.52. The summed E-state index contributed by atoms with van der Waals surface area (Å²) in [5.41, 5.74) is 1.77. The number of thioether (sulfide) groups is 1. The average Bonchev–Trinajstić information content (AvgIpc) is 2.68. The zero-order valence-corrected chi connectivity index (χ0v) is 15.6. The lowest BCUT2D eigenvalue weighted by Crippen LogP contribution is -2.49. The second-order valence-electron chi connectivity index (χ2n) is 6.68. The minimum atomic E-state index is -0.392. The van der Waals surface area contributed by atoms with Gasteiger partial charge in [-0.05, 0) is 24.3 Å². The summed E-state index contributed by atoms with van der Waals surface area (Å²) in [5.74, 6) is 0.148. The van der Waals surface area contributed by atoms with Gasteiger partial charge in [-0.15, -0.1) is 11.8 Å². The molecule has 0 spiro atoms. The second kappa shape index (κ2) is 7.52. The first-order chi connectivity index (χ1) is 13.1. The van der Waals surface area contributed by atoms with Gasteiger partial charge in [0.1, 0.15) is 5.75 Å². The Bertz CT molecular complexity index is 865. The van der Waals surface area contributed by atoms with E-state index in [2.05, 4.69) is 10.2 Å². The zero-order chi connectivity index (χ0) is 18.8. The van der Waals surface area contributed by atoms with Crippen molar-refractivity contribution in [1.29, 1.82) is 0 Å². The Kier molecular flexibility index (Phi) is 4.94. The van der Waals surface area contributed by atoms with Gasteiger partial charge in [0, 0.05) is 49.2 Å². The molecule has 2 aromatic carbocycles. The van der Waals surface area contributed by atoms with Crippen LogP contribution in [-0.4, -0.2) is 53.2 Å². The van der Waals surface area contributed by atoms with Gasteiger partial charge in [-0.3, -0.25) is 9.59 Å². The summed E-state index contributed by atoms with van der Waals surface area (Å²) in [4.78, 5) is 30.0. The summed E-state index contributed by atoms with van der Waals surface area (Å²) in [7, 11) is 0. The number of aromatic hydroxyl groups is 1. The summed E-state index contributed by atoms with van der Waals surface area (Å²) in [5, 5.41) is 12.1. The van der Waals surface area contributed by atoms with Crippen LogP contribution in [0.25, 0.3) is 0 Å². The van der Waals surface area contributed by atoms with Crippen LogP contribution in [0.15, 0.2) is 53.4 Å². The quantitative estimate of drug-likeness (QED) is 0.852. The van der Waals surface area contributed by atoms with Gasteiger partial charge in [-0.1, -0.05) is 18.2 Å². The number of hydrogen-bond donors (Lipinski definition) is 2. The summed E-state index contributed by atoms with van der Waals surface area (Å²) >= 11 is 1.46. The Hall–Kier alpha value is -2.67. The van der Waals surface area contributed by atoms with Crippen molar-refractivity contribution >= 4 is 35.0 Å². The summed E-state index contributed by atoms with van der Waals surface area (Å²) in [6, 6.07) is 14.8. The topological polar surface area (TPSA) is 72.9 Å². The molecule has 7 heteroatoms. The van der Waals surface area contributed by atoms with Crippen molar-refractivity contribution in [2.24, 2.45) is 0 Å². The number of rotatable bonds is 3. The Balaban J connectivity index is 1.34. The molecule has 2 N–H and O–H groups in total. The maximum atomic E-state index is 12.7. The third kappa shape index (κ3) is 3.88. The van der Waals surface area contributed by atoms with Gasteiger partial charge in [0.15, 0.2) is 0 Å². The molecular formula is C20H21N3O3S. The van der Waals surface area contributed by atoms with Crippen molar-refractivity contribution < 1.29 is 14.7 Å². The second-order valence-corrected chi connectivity index (χ2v) is 7.93. The number of para-hydroxylation sites is 1. The van der Waals surface area contributed by atoms with Crippen LogP contribution in [0.3, 0.4) is 0 Å². The molecule has 1 fully saturated rings. The van der Waals surface area contributed by atoms with Crippen molar-refractivity contribution in [2.75, 3.05) is 36.4 Å². The first-order valence-electron chi connectivity index (χ1n) is 8.98. The van der Waals surface area contributed by atoms with Gasteiger partial charge < -0.3 is 20.2 Å². The van der Waals surface area contributed by atoms with E-state index in [-0.39, 0.29) is 24.0 Å². The molecule has 0 radical (unpaired) electrons. The average molecular weight is 383 g/mol. The van der Waals surface area contributed by atoms with E-state index < -0.39 is 5.25 Å². The summed E-state index contributed by atoms with van der Waals surface area (Å²) < 4.78 is 0. The molecule has 0 saturated carbocycles. The number of carbonyl (C=O) groups is 2. The normalized spacial score (nSPS) is 19.4. The van der Waals surface area contributed by atoms with Gasteiger partial charge in [0.2, 0.25) is 11.8 Å². The molecule has 6 nitrogen and oxygen atoms in total. The number of hydrogen-bond acceptors (Lipinski definition) is 5. The number of carbonyl (C=O) groups excluding carboxylic acids is 2. The standard InChI is InChI=1S/C20H21N3O3S/c24-15-5-3-4-14(12-15)22-8-10-23(11-9-22)19(25)13-18-20(26)21-16-6-1-2-7-17(16)27-18/h1-7,12,18,24H,8-11,13H2,(H,21,26)/t18-/m1/s1. The van der Waals surface area contributed by atoms with Crippen molar-refractivity contribution in [3.05, 3.63) is 48.5 Å². The smallest absolute Gasteiger partial charge is 0.238 e. The Morgan fingerprint density at radius 3 is 2.67 bits per heavy atom. The van der Waals surface area contributed by atoms with E-state index in [1.54, 1.807) is 12.1 Å². The molecule has 140 valence electrons. The minimum absolute atomic E-state index is 0.0117. The lowest BCUT2D eigenvalue weighted by molar-refractivity contribution is -0.132. The highest BCUT2D eigenvalue weighted by Gasteiger charge is 2.31. The molecule has 4 rings (SSSR count). The first kappa shape index (κ1) is 17.7. The number of nitrogens with zero attached hydrogens (tertiary/aromatic N) is 2. The van der Waals surface area contributed by atoms with Crippen LogP contribution in [0.5, 0.6) is 5.75 Å². The molecule has 2 aliphatic rings. The molecule has 0 aliphatic carbocycles. The van der Waals surface area contributed by atoms with Gasteiger partial charge in [0.25, 0.3) is 0 Å². The summed E-state index contributed by atoms with van der Waals surface area (Å²) in [6.45, 7) is 2.65. The third-order valence-electron chi connectivity index (χ3n) is 4.89. The van der Waals surface area contributed by atoms with Crippen LogP contribution in [0.4, 0.5) is 11.4 Å². The van der Waals surface area contributed by atoms with Crippen LogP contribution in [0.1, 0.15) is 6.42 Å². The number of phenolic OH excluding ortho intramolecular Hbond substituents is 1. The predicted octanol–water partition coefficient (Wildman–Crippen LogP) is 2.54. The van der Waals surface area contributed by atoms with E-state index >= 15 is 0 Å². The Morgan fingerprint density at radius 1 is 1.11 bits per heavy atom. The maximum Gasteiger partial charge on any atom is 0.238 e. The van der Waals surface area contributed by atoms with Crippen LogP contribution >= 0.6 is 11.8 Å². The molecule has 2 amide bonds. The number of piperazine rings is 1. The van der Waals surface area contributed by atoms with Crippen LogP contribution in [0.2, 0.25) is 0 Å². The summed E-state index contributed by atoms with van der Waals surface area (Å²) in [6.07, 6.45) is 0.205. The van der Waals surface area contributed by atoms with Crippen molar-refractivity contribution in [2.45, 2.75) is 16.6 Å². The van der Waals surface area contributed by atoms with E-state index in [0.717, 1.165) is 16.3 Å². The highest BCUT2D eigenvalue weighted by atomic mass is 32.2. The number of fused-ring (bicyclic) bond motifs is 1. The molecular weight excluding hydrogens is 362 g/mol. The van der Waals surface area contributed by atoms with Crippen LogP contribution in [-0.2, 0) is 9.59 Å². The van der Waals surface area contributed by atoms with Crippen LogP contribution < -0.4 is 10.2 Å². The number of anilines is 2. The Labute approximate surface area is 162 Å². The molecule has 0 aromatic heterocycles. The van der Waals surface area contributed by atoms with E-state index in [9.17, 15) is 14.7 Å². The number of phenols is 1. The predicted molar refractivity (Wildman–Crippen MR) is 106 cm³/mol. The highest BCUT2D eigenvalue weighted by Crippen LogP contribution is 2.36. The molecule has 2 aliphatic heterocycles. The maximum absolute atomic E-state index is 12.7. The van der Waals surface area contributed by atoms with Crippen molar-refractivity contribution in [3.8, 4) is 5.75 Å². The molecule has 1 atom stereocenters. The number of nitrogens with one attached hydrogen (secondary N) is 1. The van der Waals surface area contributed by atoms with Gasteiger partial charge in [-0.25, -0.2) is 0 Å². The lowest BCUT2D eigenvalue weighted by atomic mass is 10.2. The van der Waals surface area contributed by atoms with Crippen LogP contribution in [0, 0.1) is 0 Å². The molecule has 2 aromatic rings. The van der Waals surface area contributed by atoms with Gasteiger partial charge in [0.05, 0.1) is 10.9 Å². The third-order valence-corrected chi connectivity index (χ3v) is 6.17. The van der Waals surface area contributed by atoms with E-state index in [1.165, 1.54) is 11.8 Å². The first-order valence-corrected chi connectivity index (χ1v) is 9.86. The number of amides is 2. The fourth-order valence-electron chi connectivity index (χ4n) is 3.42. The zero-order valence-electron chi connectivity index (χ0n) is 14.8. The molecule has 0 unspecified atom stereocenters. The van der Waals surface area contributed by atoms with E-state index in [0.29, 0.717) is 26.2 Å².